The molecule has 1 unspecified atom stereocenters. The third-order valence-corrected chi connectivity index (χ3v) is 10.9. The molecule has 0 rings (SSSR count). The Morgan fingerprint density at radius 3 is 1.06 bits per heavy atom. The summed E-state index contributed by atoms with van der Waals surface area (Å²) in [5, 5.41) is 0. The Labute approximate surface area is 382 Å². The summed E-state index contributed by atoms with van der Waals surface area (Å²) < 4.78 is 16.7. The maximum atomic E-state index is 12.8. The van der Waals surface area contributed by atoms with Crippen LogP contribution in [0, 0.1) is 0 Å². The van der Waals surface area contributed by atoms with E-state index in [4.69, 9.17) is 14.2 Å². The van der Waals surface area contributed by atoms with Crippen LogP contribution >= 0.6 is 0 Å². The summed E-state index contributed by atoms with van der Waals surface area (Å²) >= 11 is 0. The van der Waals surface area contributed by atoms with E-state index in [2.05, 4.69) is 93.7 Å². The molecular weight excluding hydrogens is 769 g/mol. The van der Waals surface area contributed by atoms with Crippen molar-refractivity contribution in [1.29, 1.82) is 0 Å². The minimum Gasteiger partial charge on any atom is -0.462 e. The second-order valence-corrected chi connectivity index (χ2v) is 17.1. The minimum atomic E-state index is -0.813. The average molecular weight is 865 g/mol. The van der Waals surface area contributed by atoms with Crippen molar-refractivity contribution in [2.45, 2.75) is 252 Å². The van der Waals surface area contributed by atoms with Crippen LogP contribution in [-0.4, -0.2) is 37.2 Å². The first-order chi connectivity index (χ1) is 30.5. The first-order valence-corrected chi connectivity index (χ1v) is 25.9. The van der Waals surface area contributed by atoms with E-state index in [1.54, 1.807) is 0 Å². The van der Waals surface area contributed by atoms with Gasteiger partial charge < -0.3 is 14.2 Å². The SMILES string of the molecule is CC/C=C\C/C=C\C/C=C\C/C=C\C/C=C\CCCC(=O)OC(COC(=O)CCC/C=C\CCCCCC)COC(=O)CCCCCCCCCCCCCCCCCCCC. The van der Waals surface area contributed by atoms with E-state index in [9.17, 15) is 14.4 Å². The van der Waals surface area contributed by atoms with Crippen LogP contribution in [0.5, 0.6) is 0 Å². The van der Waals surface area contributed by atoms with Crippen LogP contribution in [0.25, 0.3) is 0 Å². The van der Waals surface area contributed by atoms with Crippen molar-refractivity contribution in [3.63, 3.8) is 0 Å². The fourth-order valence-corrected chi connectivity index (χ4v) is 7.07. The summed E-state index contributed by atoms with van der Waals surface area (Å²) in [6.07, 6.45) is 63.4. The predicted molar refractivity (Wildman–Crippen MR) is 265 cm³/mol. The molecule has 6 nitrogen and oxygen atoms in total. The Balaban J connectivity index is 4.40. The molecule has 0 aromatic rings. The summed E-state index contributed by atoms with van der Waals surface area (Å²) in [5.41, 5.74) is 0. The van der Waals surface area contributed by atoms with Crippen LogP contribution in [0.15, 0.2) is 72.9 Å². The van der Waals surface area contributed by atoms with Crippen LogP contribution in [0.4, 0.5) is 0 Å². The van der Waals surface area contributed by atoms with Gasteiger partial charge in [-0.3, -0.25) is 14.4 Å². The van der Waals surface area contributed by atoms with Crippen LogP contribution in [0.2, 0.25) is 0 Å². The molecule has 0 spiro atoms. The van der Waals surface area contributed by atoms with Gasteiger partial charge in [0.2, 0.25) is 0 Å². The summed E-state index contributed by atoms with van der Waals surface area (Å²) in [4.78, 5) is 37.8. The van der Waals surface area contributed by atoms with Gasteiger partial charge in [-0.2, -0.15) is 0 Å². The zero-order valence-corrected chi connectivity index (χ0v) is 40.6. The molecule has 0 N–H and O–H groups in total. The highest BCUT2D eigenvalue weighted by atomic mass is 16.6. The molecule has 0 aliphatic rings. The van der Waals surface area contributed by atoms with E-state index in [1.807, 2.05) is 0 Å². The molecule has 1 atom stereocenters. The predicted octanol–water partition coefficient (Wildman–Crippen LogP) is 17.0. The Hall–Kier alpha value is -3.15. The quantitative estimate of drug-likeness (QED) is 0.0262. The molecule has 0 heterocycles. The maximum Gasteiger partial charge on any atom is 0.306 e. The number of carbonyl (C=O) groups is 3. The van der Waals surface area contributed by atoms with E-state index in [1.165, 1.54) is 122 Å². The lowest BCUT2D eigenvalue weighted by molar-refractivity contribution is -0.167. The summed E-state index contributed by atoms with van der Waals surface area (Å²) in [7, 11) is 0. The Morgan fingerprint density at radius 1 is 0.339 bits per heavy atom. The lowest BCUT2D eigenvalue weighted by Crippen LogP contribution is -2.30. The van der Waals surface area contributed by atoms with E-state index in [-0.39, 0.29) is 37.5 Å². The number of unbranched alkanes of at least 4 members (excludes halogenated alkanes) is 23. The monoisotopic (exact) mass is 865 g/mol. The van der Waals surface area contributed by atoms with Gasteiger partial charge in [0.15, 0.2) is 6.10 Å². The molecule has 0 saturated carbocycles. The third-order valence-electron chi connectivity index (χ3n) is 10.9. The second kappa shape index (κ2) is 50.5. The van der Waals surface area contributed by atoms with Crippen molar-refractivity contribution in [3.05, 3.63) is 72.9 Å². The van der Waals surface area contributed by atoms with Gasteiger partial charge in [0.1, 0.15) is 13.2 Å². The molecule has 0 aromatic carbocycles. The van der Waals surface area contributed by atoms with Crippen molar-refractivity contribution in [3.8, 4) is 0 Å². The van der Waals surface area contributed by atoms with Crippen LogP contribution in [-0.2, 0) is 28.6 Å². The number of rotatable bonds is 46. The van der Waals surface area contributed by atoms with Crippen molar-refractivity contribution in [2.75, 3.05) is 13.2 Å². The van der Waals surface area contributed by atoms with Gasteiger partial charge in [-0.25, -0.2) is 0 Å². The van der Waals surface area contributed by atoms with Gasteiger partial charge in [-0.05, 0) is 77.0 Å². The molecule has 0 bridgehead atoms. The highest BCUT2D eigenvalue weighted by Gasteiger charge is 2.19. The molecule has 0 saturated heterocycles. The molecule has 0 aromatic heterocycles. The van der Waals surface area contributed by atoms with Crippen molar-refractivity contribution < 1.29 is 28.6 Å². The van der Waals surface area contributed by atoms with E-state index >= 15 is 0 Å². The van der Waals surface area contributed by atoms with Crippen LogP contribution in [0.3, 0.4) is 0 Å². The van der Waals surface area contributed by atoms with Gasteiger partial charge in [0.25, 0.3) is 0 Å². The fourth-order valence-electron chi connectivity index (χ4n) is 7.07. The normalized spacial score (nSPS) is 12.6. The van der Waals surface area contributed by atoms with Gasteiger partial charge >= 0.3 is 17.9 Å². The Kier molecular flexibility index (Phi) is 47.9. The molecule has 6 heteroatoms. The third kappa shape index (κ3) is 47.9. The van der Waals surface area contributed by atoms with E-state index < -0.39 is 6.10 Å². The highest BCUT2D eigenvalue weighted by Crippen LogP contribution is 2.15. The number of allylic oxidation sites excluding steroid dienone is 12. The summed E-state index contributed by atoms with van der Waals surface area (Å²) in [6, 6.07) is 0. The summed E-state index contributed by atoms with van der Waals surface area (Å²) in [6.45, 7) is 6.42. The fraction of sp³-hybridized carbons (Fsp3) is 0.732. The Bertz CT molecular complexity index is 1180. The van der Waals surface area contributed by atoms with Gasteiger partial charge in [0.05, 0.1) is 0 Å². The Morgan fingerprint density at radius 2 is 0.645 bits per heavy atom. The zero-order chi connectivity index (χ0) is 45.1. The lowest BCUT2D eigenvalue weighted by Gasteiger charge is -2.18. The zero-order valence-electron chi connectivity index (χ0n) is 40.6. The summed E-state index contributed by atoms with van der Waals surface area (Å²) in [5.74, 6) is -0.998. The molecule has 0 radical (unpaired) electrons. The molecule has 0 aliphatic carbocycles. The standard InChI is InChI=1S/C56H96O6/c1-4-7-10-13-16-19-21-23-25-27-29-30-32-34-37-40-43-46-49-55(58)61-52-53(51-60-54(57)48-45-42-39-36-18-15-12-9-6-3)62-56(59)50-47-44-41-38-35-33-31-28-26-24-22-20-17-14-11-8-5-2/h8,11,17,20,24,26,31,33,36,38-39,41,53H,4-7,9-10,12-16,18-19,21-23,25,27-30,32,34-35,37,40,42-52H2,1-3H3/b11-8-,20-17-,26-24-,33-31-,39-36-,41-38-. The largest absolute Gasteiger partial charge is 0.462 e. The number of hydrogen-bond donors (Lipinski definition) is 0. The minimum absolute atomic E-state index is 0.105. The average Bonchev–Trinajstić information content (AvgIpc) is 3.27. The number of carbonyl (C=O) groups excluding carboxylic acids is 3. The second-order valence-electron chi connectivity index (χ2n) is 17.1. The van der Waals surface area contributed by atoms with E-state index in [0.717, 1.165) is 70.6 Å². The molecule has 0 aliphatic heterocycles. The molecule has 62 heavy (non-hydrogen) atoms. The highest BCUT2D eigenvalue weighted by molar-refractivity contribution is 5.71. The maximum absolute atomic E-state index is 12.8. The molecular formula is C56H96O6. The number of hydrogen-bond acceptors (Lipinski definition) is 6. The first kappa shape index (κ1) is 58.9. The number of esters is 3. The topological polar surface area (TPSA) is 78.9 Å². The molecule has 0 amide bonds. The molecule has 0 fully saturated rings. The van der Waals surface area contributed by atoms with E-state index in [0.29, 0.717) is 25.7 Å². The van der Waals surface area contributed by atoms with Crippen molar-refractivity contribution in [2.24, 2.45) is 0 Å². The van der Waals surface area contributed by atoms with Gasteiger partial charge in [-0.15, -0.1) is 0 Å². The first-order valence-electron chi connectivity index (χ1n) is 25.9. The van der Waals surface area contributed by atoms with Crippen LogP contribution in [0.1, 0.15) is 245 Å². The lowest BCUT2D eigenvalue weighted by atomic mass is 10.0. The molecule has 356 valence electrons. The van der Waals surface area contributed by atoms with Gasteiger partial charge in [0, 0.05) is 19.3 Å². The smallest absolute Gasteiger partial charge is 0.306 e. The number of ether oxygens (including phenoxy) is 3. The van der Waals surface area contributed by atoms with Crippen molar-refractivity contribution in [1.82, 2.24) is 0 Å². The van der Waals surface area contributed by atoms with Crippen LogP contribution < -0.4 is 0 Å². The van der Waals surface area contributed by atoms with Crippen molar-refractivity contribution >= 4 is 17.9 Å². The van der Waals surface area contributed by atoms with Gasteiger partial charge in [-0.1, -0.05) is 222 Å².